The van der Waals surface area contributed by atoms with Crippen molar-refractivity contribution in [1.82, 2.24) is 10.2 Å². The Hall–Kier alpha value is -3.57. The summed E-state index contributed by atoms with van der Waals surface area (Å²) in [5.74, 6) is -1.25. The normalized spacial score (nSPS) is 12.5. The van der Waals surface area contributed by atoms with Gasteiger partial charge in [0, 0.05) is 13.6 Å². The number of benzene rings is 3. The number of nitrogens with one attached hydrogen (secondary N) is 1. The van der Waals surface area contributed by atoms with Gasteiger partial charge in [-0.3, -0.25) is 13.9 Å². The van der Waals surface area contributed by atoms with E-state index in [1.54, 1.807) is 25.1 Å². The van der Waals surface area contributed by atoms with Gasteiger partial charge in [0.15, 0.2) is 0 Å². The van der Waals surface area contributed by atoms with Crippen LogP contribution in [0.15, 0.2) is 77.7 Å². The minimum absolute atomic E-state index is 0.0291. The first-order valence-corrected chi connectivity index (χ1v) is 14.1. The second kappa shape index (κ2) is 12.7. The third kappa shape index (κ3) is 7.14. The molecular formula is C28H29ClF3N3O4S. The van der Waals surface area contributed by atoms with E-state index in [1.807, 2.05) is 19.1 Å². The van der Waals surface area contributed by atoms with Crippen LogP contribution in [0.2, 0.25) is 5.02 Å². The lowest BCUT2D eigenvalue weighted by Gasteiger charge is -2.33. The molecule has 3 rings (SSSR count). The predicted octanol–water partition coefficient (Wildman–Crippen LogP) is 5.42. The third-order valence-corrected chi connectivity index (χ3v) is 8.38. The number of likely N-dealkylation sites (N-methyl/N-ethyl adjacent to an activating group) is 1. The highest BCUT2D eigenvalue weighted by molar-refractivity contribution is 7.92. The first kappa shape index (κ1) is 31.0. The van der Waals surface area contributed by atoms with E-state index < -0.39 is 56.9 Å². The summed E-state index contributed by atoms with van der Waals surface area (Å²) < 4.78 is 69.1. The average Bonchev–Trinajstić information content (AvgIpc) is 2.92. The summed E-state index contributed by atoms with van der Waals surface area (Å²) in [6, 6.07) is 15.9. The number of aryl methyl sites for hydroxylation is 1. The number of rotatable bonds is 10. The van der Waals surface area contributed by atoms with Gasteiger partial charge in [-0.1, -0.05) is 66.6 Å². The maximum Gasteiger partial charge on any atom is 0.417 e. The highest BCUT2D eigenvalue weighted by atomic mass is 35.5. The zero-order valence-corrected chi connectivity index (χ0v) is 23.6. The molecule has 0 aliphatic heterocycles. The SMILES string of the molecule is CC[C@H](C(=O)NC)N(Cc1ccc(C)cc1)C(=O)CN(c1ccc(Cl)c(C(F)(F)F)c1)S(=O)(=O)c1ccccc1. The second-order valence-corrected chi connectivity index (χ2v) is 11.3. The zero-order chi connectivity index (χ0) is 29.7. The molecule has 0 heterocycles. The molecule has 1 atom stereocenters. The summed E-state index contributed by atoms with van der Waals surface area (Å²) >= 11 is 5.78. The number of halogens is 4. The molecule has 1 N–H and O–H groups in total. The third-order valence-electron chi connectivity index (χ3n) is 6.26. The van der Waals surface area contributed by atoms with Crippen molar-refractivity contribution < 1.29 is 31.2 Å². The van der Waals surface area contributed by atoms with E-state index in [4.69, 9.17) is 11.6 Å². The van der Waals surface area contributed by atoms with Gasteiger partial charge in [-0.2, -0.15) is 13.2 Å². The number of nitrogens with zero attached hydrogens (tertiary/aromatic N) is 2. The van der Waals surface area contributed by atoms with Crippen molar-refractivity contribution >= 4 is 39.1 Å². The summed E-state index contributed by atoms with van der Waals surface area (Å²) in [7, 11) is -3.10. The Labute approximate surface area is 236 Å². The molecule has 0 saturated heterocycles. The first-order valence-electron chi connectivity index (χ1n) is 12.3. The maximum atomic E-state index is 13.8. The maximum absolute atomic E-state index is 13.8. The Kier molecular flexibility index (Phi) is 9.86. The standard InChI is InChI=1S/C28H29ClF3N3O4S/c1-4-25(27(37)33-3)34(17-20-12-10-19(2)11-13-20)26(36)18-35(40(38,39)22-8-6-5-7-9-22)21-14-15-24(29)23(16-21)28(30,31)32/h5-16,25H,4,17-18H2,1-3H3,(H,33,37)/t25-/m1/s1. The fourth-order valence-corrected chi connectivity index (χ4v) is 5.76. The first-order chi connectivity index (χ1) is 18.8. The molecule has 7 nitrogen and oxygen atoms in total. The predicted molar refractivity (Wildman–Crippen MR) is 147 cm³/mol. The number of hydrogen-bond donors (Lipinski definition) is 1. The fraction of sp³-hybridized carbons (Fsp3) is 0.286. The molecule has 2 amide bonds. The number of sulfonamides is 1. The van der Waals surface area contributed by atoms with Crippen LogP contribution in [0.1, 0.15) is 30.0 Å². The topological polar surface area (TPSA) is 86.8 Å². The molecule has 0 aliphatic rings. The van der Waals surface area contributed by atoms with Crippen LogP contribution >= 0.6 is 11.6 Å². The van der Waals surface area contributed by atoms with Crippen LogP contribution in [-0.4, -0.2) is 44.8 Å². The monoisotopic (exact) mass is 595 g/mol. The van der Waals surface area contributed by atoms with Crippen molar-refractivity contribution in [1.29, 1.82) is 0 Å². The Balaban J connectivity index is 2.13. The average molecular weight is 596 g/mol. The summed E-state index contributed by atoms with van der Waals surface area (Å²) in [6.45, 7) is 2.69. The van der Waals surface area contributed by atoms with Crippen LogP contribution in [0.25, 0.3) is 0 Å². The smallest absolute Gasteiger partial charge is 0.357 e. The molecule has 214 valence electrons. The Bertz CT molecular complexity index is 1450. The van der Waals surface area contributed by atoms with Crippen molar-refractivity contribution in [2.45, 2.75) is 43.9 Å². The number of alkyl halides is 3. The van der Waals surface area contributed by atoms with Gasteiger partial charge in [0.2, 0.25) is 11.8 Å². The van der Waals surface area contributed by atoms with Gasteiger partial charge in [0.1, 0.15) is 12.6 Å². The Morgan fingerprint density at radius 3 is 2.17 bits per heavy atom. The number of anilines is 1. The van der Waals surface area contributed by atoms with Gasteiger partial charge >= 0.3 is 6.18 Å². The molecule has 0 bridgehead atoms. The molecule has 12 heteroatoms. The van der Waals surface area contributed by atoms with Crippen molar-refractivity contribution in [2.75, 3.05) is 17.9 Å². The van der Waals surface area contributed by atoms with E-state index >= 15 is 0 Å². The molecule has 0 spiro atoms. The lowest BCUT2D eigenvalue weighted by Crippen LogP contribution is -2.51. The van der Waals surface area contributed by atoms with Crippen LogP contribution < -0.4 is 9.62 Å². The van der Waals surface area contributed by atoms with E-state index in [0.717, 1.165) is 17.7 Å². The Morgan fingerprint density at radius 1 is 1.00 bits per heavy atom. The van der Waals surface area contributed by atoms with E-state index in [-0.39, 0.29) is 17.9 Å². The van der Waals surface area contributed by atoms with E-state index in [9.17, 15) is 31.2 Å². The largest absolute Gasteiger partial charge is 0.417 e. The molecule has 40 heavy (non-hydrogen) atoms. The van der Waals surface area contributed by atoms with Gasteiger partial charge in [-0.15, -0.1) is 0 Å². The quantitative estimate of drug-likeness (QED) is 0.339. The van der Waals surface area contributed by atoms with Crippen LogP contribution in [0.5, 0.6) is 0 Å². The molecule has 0 saturated carbocycles. The highest BCUT2D eigenvalue weighted by Gasteiger charge is 2.37. The molecule has 0 aromatic heterocycles. The van der Waals surface area contributed by atoms with Gasteiger partial charge in [-0.25, -0.2) is 8.42 Å². The summed E-state index contributed by atoms with van der Waals surface area (Å²) in [5, 5.41) is 1.89. The number of carbonyl (C=O) groups is 2. The van der Waals surface area contributed by atoms with Crippen molar-refractivity contribution in [3.63, 3.8) is 0 Å². The summed E-state index contributed by atoms with van der Waals surface area (Å²) in [5.41, 5.74) is 0.00539. The molecule has 0 unspecified atom stereocenters. The second-order valence-electron chi connectivity index (χ2n) is 9.03. The van der Waals surface area contributed by atoms with Gasteiger partial charge in [0.05, 0.1) is 21.2 Å². The molecule has 3 aromatic carbocycles. The molecule has 0 aliphatic carbocycles. The minimum Gasteiger partial charge on any atom is -0.357 e. The van der Waals surface area contributed by atoms with E-state index in [0.29, 0.717) is 15.9 Å². The number of carbonyl (C=O) groups excluding carboxylic acids is 2. The van der Waals surface area contributed by atoms with Gasteiger partial charge in [0.25, 0.3) is 10.0 Å². The van der Waals surface area contributed by atoms with Crippen molar-refractivity contribution in [3.8, 4) is 0 Å². The molecule has 0 fully saturated rings. The summed E-state index contributed by atoms with van der Waals surface area (Å²) in [6.07, 6.45) is -4.66. The lowest BCUT2D eigenvalue weighted by molar-refractivity contribution is -0.140. The summed E-state index contributed by atoms with van der Waals surface area (Å²) in [4.78, 5) is 27.6. The van der Waals surface area contributed by atoms with Crippen LogP contribution in [0.3, 0.4) is 0 Å². The lowest BCUT2D eigenvalue weighted by atomic mass is 10.1. The Morgan fingerprint density at radius 2 is 1.62 bits per heavy atom. The molecule has 0 radical (unpaired) electrons. The van der Waals surface area contributed by atoms with Crippen molar-refractivity contribution in [3.05, 3.63) is 94.5 Å². The van der Waals surface area contributed by atoms with Gasteiger partial charge in [-0.05, 0) is 49.2 Å². The van der Waals surface area contributed by atoms with Crippen molar-refractivity contribution in [2.24, 2.45) is 0 Å². The fourth-order valence-electron chi connectivity index (χ4n) is 4.11. The number of amides is 2. The van der Waals surface area contributed by atoms with E-state index in [1.165, 1.54) is 36.2 Å². The van der Waals surface area contributed by atoms with Crippen LogP contribution in [0, 0.1) is 6.92 Å². The zero-order valence-electron chi connectivity index (χ0n) is 22.1. The molecule has 3 aromatic rings. The van der Waals surface area contributed by atoms with Gasteiger partial charge < -0.3 is 10.2 Å². The number of hydrogen-bond acceptors (Lipinski definition) is 4. The minimum atomic E-state index is -4.87. The van der Waals surface area contributed by atoms with E-state index in [2.05, 4.69) is 5.32 Å². The highest BCUT2D eigenvalue weighted by Crippen LogP contribution is 2.38. The van der Waals surface area contributed by atoms with Crippen LogP contribution in [0.4, 0.5) is 18.9 Å². The van der Waals surface area contributed by atoms with Crippen LogP contribution in [-0.2, 0) is 32.3 Å². The molecular weight excluding hydrogens is 567 g/mol.